The lowest BCUT2D eigenvalue weighted by Gasteiger charge is -2.19. The zero-order chi connectivity index (χ0) is 23.0. The number of sulfonamides is 1. The number of hydrogen-bond acceptors (Lipinski definition) is 7. The van der Waals surface area contributed by atoms with Crippen molar-refractivity contribution in [2.24, 2.45) is 0 Å². The number of anilines is 1. The molecule has 9 heteroatoms. The molecule has 4 aromatic rings. The van der Waals surface area contributed by atoms with Gasteiger partial charge in [-0.25, -0.2) is 18.4 Å². The predicted octanol–water partition coefficient (Wildman–Crippen LogP) is 4.97. The van der Waals surface area contributed by atoms with Crippen molar-refractivity contribution in [3.05, 3.63) is 71.8 Å². The summed E-state index contributed by atoms with van der Waals surface area (Å²) in [7, 11) is -3.95. The lowest BCUT2D eigenvalue weighted by atomic mass is 10.1. The van der Waals surface area contributed by atoms with Gasteiger partial charge >= 0.3 is 0 Å². The van der Waals surface area contributed by atoms with E-state index in [1.54, 1.807) is 12.1 Å². The molecule has 0 radical (unpaired) electrons. The average Bonchev–Trinajstić information content (AvgIpc) is 2.81. The number of ether oxygens (including phenoxy) is 2. The Bertz CT molecular complexity index is 1470. The summed E-state index contributed by atoms with van der Waals surface area (Å²) in [6.45, 7) is 4.89. The molecule has 168 valence electrons. The SMILES string of the molecule is Cc1ccc(Sc2nc3ccccc3nc2NS(=O)(=O)c2ccc3c(c2)OCCO3)cc1C. The molecule has 0 saturated heterocycles. The molecule has 3 aromatic carbocycles. The minimum Gasteiger partial charge on any atom is -0.486 e. The number of benzene rings is 3. The van der Waals surface area contributed by atoms with Crippen LogP contribution in [-0.2, 0) is 10.0 Å². The molecular weight excluding hydrogens is 458 g/mol. The number of fused-ring (bicyclic) bond motifs is 2. The Morgan fingerprint density at radius 2 is 1.58 bits per heavy atom. The Balaban J connectivity index is 1.54. The third-order valence-corrected chi connectivity index (χ3v) is 7.59. The van der Waals surface area contributed by atoms with Crippen LogP contribution in [0.4, 0.5) is 5.82 Å². The van der Waals surface area contributed by atoms with Crippen molar-refractivity contribution < 1.29 is 17.9 Å². The van der Waals surface area contributed by atoms with E-state index in [0.717, 1.165) is 10.5 Å². The van der Waals surface area contributed by atoms with Crippen LogP contribution in [0.5, 0.6) is 11.5 Å². The van der Waals surface area contributed by atoms with E-state index in [2.05, 4.69) is 15.8 Å². The van der Waals surface area contributed by atoms with Crippen LogP contribution in [0, 0.1) is 13.8 Å². The number of rotatable bonds is 5. The van der Waals surface area contributed by atoms with Crippen LogP contribution in [0.15, 0.2) is 75.5 Å². The average molecular weight is 480 g/mol. The monoisotopic (exact) mass is 479 g/mol. The van der Waals surface area contributed by atoms with E-state index in [4.69, 9.17) is 14.5 Å². The van der Waals surface area contributed by atoms with E-state index in [1.165, 1.54) is 29.5 Å². The molecule has 0 unspecified atom stereocenters. The van der Waals surface area contributed by atoms with E-state index in [1.807, 2.05) is 44.2 Å². The third-order valence-electron chi connectivity index (χ3n) is 5.29. The zero-order valence-electron chi connectivity index (χ0n) is 18.0. The fourth-order valence-electron chi connectivity index (χ4n) is 3.39. The smallest absolute Gasteiger partial charge is 0.263 e. The first kappa shape index (κ1) is 21.5. The Labute approximate surface area is 196 Å². The highest BCUT2D eigenvalue weighted by Gasteiger charge is 2.22. The third kappa shape index (κ3) is 4.46. The Kier molecular flexibility index (Phi) is 5.59. The lowest BCUT2D eigenvalue weighted by Crippen LogP contribution is -2.18. The minimum absolute atomic E-state index is 0.0591. The highest BCUT2D eigenvalue weighted by molar-refractivity contribution is 7.99. The Hall–Kier alpha value is -3.30. The van der Waals surface area contributed by atoms with Crippen molar-refractivity contribution in [3.8, 4) is 11.5 Å². The van der Waals surface area contributed by atoms with E-state index in [0.29, 0.717) is 40.8 Å². The summed E-state index contributed by atoms with van der Waals surface area (Å²) < 4.78 is 40.2. The maximum absolute atomic E-state index is 13.2. The second-order valence-corrected chi connectivity index (χ2v) is 10.4. The summed E-state index contributed by atoms with van der Waals surface area (Å²) in [5.74, 6) is 1.10. The normalized spacial score (nSPS) is 13.2. The molecule has 1 aliphatic rings. The quantitative estimate of drug-likeness (QED) is 0.432. The maximum atomic E-state index is 13.2. The van der Waals surface area contributed by atoms with Crippen molar-refractivity contribution in [1.29, 1.82) is 0 Å². The minimum atomic E-state index is -3.95. The van der Waals surface area contributed by atoms with Crippen LogP contribution in [0.2, 0.25) is 0 Å². The molecule has 2 heterocycles. The molecule has 0 spiro atoms. The molecular formula is C24H21N3O4S2. The molecule has 1 aliphatic heterocycles. The Morgan fingerprint density at radius 3 is 2.33 bits per heavy atom. The molecule has 0 aliphatic carbocycles. The van der Waals surface area contributed by atoms with Crippen molar-refractivity contribution in [2.75, 3.05) is 17.9 Å². The van der Waals surface area contributed by atoms with Crippen molar-refractivity contribution >= 4 is 38.6 Å². The number of nitrogens with one attached hydrogen (secondary N) is 1. The summed E-state index contributed by atoms with van der Waals surface area (Å²) in [5, 5.41) is 0.470. The van der Waals surface area contributed by atoms with Gasteiger partial charge in [-0.1, -0.05) is 30.0 Å². The lowest BCUT2D eigenvalue weighted by molar-refractivity contribution is 0.171. The predicted molar refractivity (Wildman–Crippen MR) is 128 cm³/mol. The fraction of sp³-hybridized carbons (Fsp3) is 0.167. The van der Waals surface area contributed by atoms with Gasteiger partial charge in [0.1, 0.15) is 18.2 Å². The van der Waals surface area contributed by atoms with Gasteiger partial charge in [0.15, 0.2) is 17.3 Å². The van der Waals surface area contributed by atoms with Crippen LogP contribution in [0.3, 0.4) is 0 Å². The molecule has 1 N–H and O–H groups in total. The standard InChI is InChI=1S/C24H21N3O4S2/c1-15-7-8-17(13-16(15)2)32-24-23(25-19-5-3-4-6-20(19)26-24)27-33(28,29)18-9-10-21-22(14-18)31-12-11-30-21/h3-10,13-14H,11-12H2,1-2H3,(H,25,27). The number of hydrogen-bond donors (Lipinski definition) is 1. The number of aromatic nitrogens is 2. The van der Waals surface area contributed by atoms with E-state index >= 15 is 0 Å². The van der Waals surface area contributed by atoms with E-state index in [9.17, 15) is 8.42 Å². The number of para-hydroxylation sites is 2. The zero-order valence-corrected chi connectivity index (χ0v) is 19.7. The van der Waals surface area contributed by atoms with Crippen LogP contribution in [0.25, 0.3) is 11.0 Å². The molecule has 0 amide bonds. The largest absolute Gasteiger partial charge is 0.486 e. The maximum Gasteiger partial charge on any atom is 0.263 e. The van der Waals surface area contributed by atoms with Gasteiger partial charge in [-0.15, -0.1) is 0 Å². The summed E-state index contributed by atoms with van der Waals surface area (Å²) in [6.07, 6.45) is 0. The van der Waals surface area contributed by atoms with Gasteiger partial charge in [0.25, 0.3) is 10.0 Å². The highest BCUT2D eigenvalue weighted by atomic mass is 32.2. The second-order valence-electron chi connectivity index (χ2n) is 7.63. The summed E-state index contributed by atoms with van der Waals surface area (Å²) in [6, 6.07) is 18.0. The van der Waals surface area contributed by atoms with Gasteiger partial charge in [-0.3, -0.25) is 4.72 Å². The van der Waals surface area contributed by atoms with Crippen molar-refractivity contribution in [3.63, 3.8) is 0 Å². The van der Waals surface area contributed by atoms with Crippen LogP contribution in [0.1, 0.15) is 11.1 Å². The van der Waals surface area contributed by atoms with Crippen LogP contribution < -0.4 is 14.2 Å². The number of aryl methyl sites for hydroxylation is 2. The first-order chi connectivity index (χ1) is 15.9. The molecule has 33 heavy (non-hydrogen) atoms. The molecule has 1 aromatic heterocycles. The van der Waals surface area contributed by atoms with Gasteiger partial charge in [0.05, 0.1) is 15.9 Å². The van der Waals surface area contributed by atoms with Crippen LogP contribution >= 0.6 is 11.8 Å². The first-order valence-corrected chi connectivity index (χ1v) is 12.6. The molecule has 0 fully saturated rings. The summed E-state index contributed by atoms with van der Waals surface area (Å²) in [5.41, 5.74) is 3.61. The van der Waals surface area contributed by atoms with Gasteiger partial charge in [0.2, 0.25) is 0 Å². The van der Waals surface area contributed by atoms with E-state index in [-0.39, 0.29) is 10.7 Å². The van der Waals surface area contributed by atoms with Crippen LogP contribution in [-0.4, -0.2) is 31.6 Å². The molecule has 0 atom stereocenters. The van der Waals surface area contributed by atoms with Crippen molar-refractivity contribution in [1.82, 2.24) is 9.97 Å². The van der Waals surface area contributed by atoms with Gasteiger partial charge in [-0.2, -0.15) is 0 Å². The van der Waals surface area contributed by atoms with E-state index < -0.39 is 10.0 Å². The number of nitrogens with zero attached hydrogens (tertiary/aromatic N) is 2. The topological polar surface area (TPSA) is 90.4 Å². The molecule has 7 nitrogen and oxygen atoms in total. The first-order valence-electron chi connectivity index (χ1n) is 10.3. The summed E-state index contributed by atoms with van der Waals surface area (Å²) in [4.78, 5) is 10.3. The molecule has 0 bridgehead atoms. The molecule has 5 rings (SSSR count). The fourth-order valence-corrected chi connectivity index (χ4v) is 5.41. The van der Waals surface area contributed by atoms with Crippen molar-refractivity contribution in [2.45, 2.75) is 28.7 Å². The van der Waals surface area contributed by atoms with Gasteiger partial charge in [-0.05, 0) is 61.4 Å². The second kappa shape index (κ2) is 8.57. The van der Waals surface area contributed by atoms with Gasteiger partial charge < -0.3 is 9.47 Å². The Morgan fingerprint density at radius 1 is 0.848 bits per heavy atom. The molecule has 0 saturated carbocycles. The highest BCUT2D eigenvalue weighted by Crippen LogP contribution is 2.36. The van der Waals surface area contributed by atoms with Gasteiger partial charge in [0, 0.05) is 11.0 Å². The summed E-state index contributed by atoms with van der Waals surface area (Å²) >= 11 is 1.37.